The monoisotopic (exact) mass is 216 g/mol. The summed E-state index contributed by atoms with van der Waals surface area (Å²) in [5.41, 5.74) is -4.20. The molecular formula is C7H11F3O2S. The van der Waals surface area contributed by atoms with E-state index in [1.165, 1.54) is 6.92 Å². The molecule has 13 heavy (non-hydrogen) atoms. The SMILES string of the molecule is CC(CCCSC(F)(F)F)C(=O)O. The summed E-state index contributed by atoms with van der Waals surface area (Å²) in [5, 5.41) is 8.41. The van der Waals surface area contributed by atoms with Gasteiger partial charge in [0, 0.05) is 5.75 Å². The normalized spacial score (nSPS) is 14.2. The molecule has 0 aliphatic carbocycles. The van der Waals surface area contributed by atoms with Crippen molar-refractivity contribution in [2.75, 3.05) is 5.75 Å². The average Bonchev–Trinajstić information content (AvgIpc) is 1.95. The van der Waals surface area contributed by atoms with Crippen LogP contribution in [-0.2, 0) is 4.79 Å². The average molecular weight is 216 g/mol. The molecule has 2 nitrogen and oxygen atoms in total. The van der Waals surface area contributed by atoms with E-state index in [0.29, 0.717) is 6.42 Å². The van der Waals surface area contributed by atoms with Crippen molar-refractivity contribution in [3.05, 3.63) is 0 Å². The van der Waals surface area contributed by atoms with Crippen LogP contribution >= 0.6 is 11.8 Å². The Morgan fingerprint density at radius 1 is 1.54 bits per heavy atom. The highest BCUT2D eigenvalue weighted by atomic mass is 32.2. The number of aliphatic carboxylic acids is 1. The fourth-order valence-electron chi connectivity index (χ4n) is 0.701. The zero-order valence-electron chi connectivity index (χ0n) is 7.10. The van der Waals surface area contributed by atoms with Gasteiger partial charge in [-0.3, -0.25) is 4.79 Å². The maximum Gasteiger partial charge on any atom is 0.441 e. The molecule has 0 heterocycles. The van der Waals surface area contributed by atoms with Crippen LogP contribution < -0.4 is 0 Å². The van der Waals surface area contributed by atoms with Gasteiger partial charge in [-0.15, -0.1) is 0 Å². The van der Waals surface area contributed by atoms with Gasteiger partial charge < -0.3 is 5.11 Å². The predicted octanol–water partition coefficient (Wildman–Crippen LogP) is 2.74. The van der Waals surface area contributed by atoms with Crippen LogP contribution in [0.2, 0.25) is 0 Å². The Morgan fingerprint density at radius 3 is 2.46 bits per heavy atom. The molecule has 0 aliphatic rings. The largest absolute Gasteiger partial charge is 0.481 e. The van der Waals surface area contributed by atoms with Crippen LogP contribution in [0.4, 0.5) is 13.2 Å². The number of alkyl halides is 3. The summed E-state index contributed by atoms with van der Waals surface area (Å²) < 4.78 is 34.8. The van der Waals surface area contributed by atoms with E-state index >= 15 is 0 Å². The second kappa shape index (κ2) is 5.36. The van der Waals surface area contributed by atoms with Crippen LogP contribution in [0.1, 0.15) is 19.8 Å². The van der Waals surface area contributed by atoms with Gasteiger partial charge in [0.2, 0.25) is 0 Å². The Kier molecular flexibility index (Phi) is 5.20. The molecule has 0 aromatic carbocycles. The minimum absolute atomic E-state index is 0.0683. The van der Waals surface area contributed by atoms with E-state index in [9.17, 15) is 18.0 Å². The summed E-state index contributed by atoms with van der Waals surface area (Å²) >= 11 is -0.106. The first kappa shape index (κ1) is 12.6. The molecule has 1 N–H and O–H groups in total. The maximum atomic E-state index is 11.6. The van der Waals surface area contributed by atoms with Gasteiger partial charge in [-0.05, 0) is 12.8 Å². The van der Waals surface area contributed by atoms with Gasteiger partial charge >= 0.3 is 11.5 Å². The van der Waals surface area contributed by atoms with Crippen LogP contribution in [-0.4, -0.2) is 22.3 Å². The van der Waals surface area contributed by atoms with Crippen LogP contribution in [0, 0.1) is 5.92 Å². The summed E-state index contributed by atoms with van der Waals surface area (Å²) in [5.74, 6) is -1.59. The number of halogens is 3. The van der Waals surface area contributed by atoms with Gasteiger partial charge in [0.1, 0.15) is 0 Å². The van der Waals surface area contributed by atoms with Gasteiger partial charge in [-0.25, -0.2) is 0 Å². The first-order valence-corrected chi connectivity index (χ1v) is 4.75. The molecule has 1 unspecified atom stereocenters. The standard InChI is InChI=1S/C7H11F3O2S/c1-5(6(11)12)3-2-4-13-7(8,9)10/h5H,2-4H2,1H3,(H,11,12). The third-order valence-corrected chi connectivity index (χ3v) is 2.29. The Morgan fingerprint density at radius 2 is 2.08 bits per heavy atom. The number of hydrogen-bond acceptors (Lipinski definition) is 2. The molecule has 0 saturated carbocycles. The maximum absolute atomic E-state index is 11.6. The molecule has 0 spiro atoms. The Bertz CT molecular complexity index is 170. The zero-order valence-corrected chi connectivity index (χ0v) is 7.91. The lowest BCUT2D eigenvalue weighted by molar-refractivity contribution is -0.141. The summed E-state index contributed by atoms with van der Waals surface area (Å²) in [6.07, 6.45) is 0.566. The highest BCUT2D eigenvalue weighted by molar-refractivity contribution is 8.00. The third-order valence-electron chi connectivity index (χ3n) is 1.47. The predicted molar refractivity (Wildman–Crippen MR) is 44.5 cm³/mol. The highest BCUT2D eigenvalue weighted by Crippen LogP contribution is 2.31. The molecule has 0 saturated heterocycles. The molecule has 0 aliphatic heterocycles. The number of carbonyl (C=O) groups is 1. The van der Waals surface area contributed by atoms with Gasteiger partial charge in [-0.1, -0.05) is 18.7 Å². The number of carboxylic acid groups (broad SMARTS) is 1. The Hall–Kier alpha value is -0.390. The lowest BCUT2D eigenvalue weighted by Gasteiger charge is -2.07. The number of thioether (sulfide) groups is 1. The smallest absolute Gasteiger partial charge is 0.441 e. The van der Waals surface area contributed by atoms with E-state index in [1.807, 2.05) is 0 Å². The second-order valence-corrected chi connectivity index (χ2v) is 3.84. The number of rotatable bonds is 5. The Labute approximate surface area is 78.5 Å². The second-order valence-electron chi connectivity index (χ2n) is 2.68. The zero-order chi connectivity index (χ0) is 10.5. The molecule has 0 radical (unpaired) electrons. The molecule has 1 atom stereocenters. The molecule has 0 aromatic heterocycles. The van der Waals surface area contributed by atoms with Crippen molar-refractivity contribution in [2.24, 2.45) is 5.92 Å². The van der Waals surface area contributed by atoms with E-state index < -0.39 is 17.4 Å². The molecule has 6 heteroatoms. The number of carboxylic acids is 1. The fourth-order valence-corrected chi connectivity index (χ4v) is 1.24. The summed E-state index contributed by atoms with van der Waals surface area (Å²) in [7, 11) is 0. The molecule has 0 amide bonds. The number of hydrogen-bond donors (Lipinski definition) is 1. The fraction of sp³-hybridized carbons (Fsp3) is 0.857. The van der Waals surface area contributed by atoms with Crippen LogP contribution in [0.5, 0.6) is 0 Å². The van der Waals surface area contributed by atoms with Crippen molar-refractivity contribution < 1.29 is 23.1 Å². The van der Waals surface area contributed by atoms with E-state index in [1.54, 1.807) is 0 Å². The molecule has 0 rings (SSSR count). The van der Waals surface area contributed by atoms with Gasteiger partial charge in [0.15, 0.2) is 0 Å². The molecule has 78 valence electrons. The highest BCUT2D eigenvalue weighted by Gasteiger charge is 2.27. The summed E-state index contributed by atoms with van der Waals surface area (Å²) in [4.78, 5) is 10.3. The van der Waals surface area contributed by atoms with Crippen molar-refractivity contribution in [1.82, 2.24) is 0 Å². The molecule has 0 aromatic rings. The van der Waals surface area contributed by atoms with E-state index in [-0.39, 0.29) is 23.9 Å². The molecule has 0 fully saturated rings. The lowest BCUT2D eigenvalue weighted by atomic mass is 10.1. The minimum Gasteiger partial charge on any atom is -0.481 e. The van der Waals surface area contributed by atoms with Gasteiger partial charge in [0.05, 0.1) is 5.92 Å². The van der Waals surface area contributed by atoms with E-state index in [4.69, 9.17) is 5.11 Å². The minimum atomic E-state index is -4.20. The van der Waals surface area contributed by atoms with Crippen molar-refractivity contribution in [2.45, 2.75) is 25.3 Å². The van der Waals surface area contributed by atoms with Gasteiger partial charge in [-0.2, -0.15) is 13.2 Å². The first-order chi connectivity index (χ1) is 5.83. The quantitative estimate of drug-likeness (QED) is 0.718. The van der Waals surface area contributed by atoms with E-state index in [2.05, 4.69) is 0 Å². The topological polar surface area (TPSA) is 37.3 Å². The molecular weight excluding hydrogens is 205 g/mol. The van der Waals surface area contributed by atoms with Crippen LogP contribution in [0.25, 0.3) is 0 Å². The third kappa shape index (κ3) is 7.95. The van der Waals surface area contributed by atoms with E-state index in [0.717, 1.165) is 0 Å². The van der Waals surface area contributed by atoms with Crippen LogP contribution in [0.15, 0.2) is 0 Å². The Balaban J connectivity index is 3.41. The van der Waals surface area contributed by atoms with Crippen molar-refractivity contribution >= 4 is 17.7 Å². The lowest BCUT2D eigenvalue weighted by Crippen LogP contribution is -2.10. The van der Waals surface area contributed by atoms with Crippen molar-refractivity contribution in [3.8, 4) is 0 Å². The van der Waals surface area contributed by atoms with Crippen LogP contribution in [0.3, 0.4) is 0 Å². The summed E-state index contributed by atoms with van der Waals surface area (Å²) in [6.45, 7) is 1.49. The van der Waals surface area contributed by atoms with Gasteiger partial charge in [0.25, 0.3) is 0 Å². The molecule has 0 bridgehead atoms. The van der Waals surface area contributed by atoms with Crippen molar-refractivity contribution in [3.63, 3.8) is 0 Å². The summed E-state index contributed by atoms with van der Waals surface area (Å²) in [6, 6.07) is 0. The first-order valence-electron chi connectivity index (χ1n) is 3.76. The van der Waals surface area contributed by atoms with Crippen molar-refractivity contribution in [1.29, 1.82) is 0 Å².